The summed E-state index contributed by atoms with van der Waals surface area (Å²) >= 11 is 1.52. The molecule has 36 heavy (non-hydrogen) atoms. The predicted molar refractivity (Wildman–Crippen MR) is 142 cm³/mol. The summed E-state index contributed by atoms with van der Waals surface area (Å²) in [6.07, 6.45) is 1.66. The Hall–Kier alpha value is -4.04. The summed E-state index contributed by atoms with van der Waals surface area (Å²) in [6, 6.07) is 17.3. The third-order valence-corrected chi connectivity index (χ3v) is 6.58. The molecule has 0 saturated heterocycles. The molecule has 0 atom stereocenters. The molecule has 4 rings (SSSR count). The van der Waals surface area contributed by atoms with Crippen molar-refractivity contribution in [2.75, 3.05) is 20.8 Å². The van der Waals surface area contributed by atoms with Gasteiger partial charge in [-0.3, -0.25) is 4.79 Å². The number of nitrogens with one attached hydrogen (secondary N) is 1. The quantitative estimate of drug-likeness (QED) is 0.274. The molecule has 0 radical (unpaired) electrons. The van der Waals surface area contributed by atoms with Gasteiger partial charge in [0, 0.05) is 24.2 Å². The highest BCUT2D eigenvalue weighted by Gasteiger charge is 2.20. The molecule has 1 N–H and O–H groups in total. The molecule has 0 bridgehead atoms. The molecule has 0 unspecified atom stereocenters. The Morgan fingerprint density at radius 2 is 1.69 bits per heavy atom. The molecule has 0 saturated carbocycles. The molecule has 2 aromatic heterocycles. The standard InChI is InChI=1S/C28H29N3O4S/c1-5-14-29-28(32)24-15-26(31(19(24)2)16-20-6-8-21(33-3)9-7-20)25-18-36-27(30-25)17-35-23-12-10-22(34-4)11-13-23/h5-13,15,18H,1,14,16-17H2,2-4H3,(H,29,32). The molecule has 0 aliphatic heterocycles. The first-order valence-electron chi connectivity index (χ1n) is 11.5. The van der Waals surface area contributed by atoms with Gasteiger partial charge in [0.1, 0.15) is 28.9 Å². The Morgan fingerprint density at radius 1 is 1.06 bits per heavy atom. The van der Waals surface area contributed by atoms with Crippen LogP contribution in [0.5, 0.6) is 17.2 Å². The largest absolute Gasteiger partial charge is 0.497 e. The average Bonchev–Trinajstić information content (AvgIpc) is 3.51. The Labute approximate surface area is 215 Å². The zero-order chi connectivity index (χ0) is 25.5. The summed E-state index contributed by atoms with van der Waals surface area (Å²) in [7, 11) is 3.28. The fourth-order valence-electron chi connectivity index (χ4n) is 3.78. The van der Waals surface area contributed by atoms with Gasteiger partial charge in [0.05, 0.1) is 31.2 Å². The van der Waals surface area contributed by atoms with Gasteiger partial charge in [0.25, 0.3) is 5.91 Å². The Balaban J connectivity index is 1.60. The third kappa shape index (κ3) is 5.78. The van der Waals surface area contributed by atoms with Crippen LogP contribution in [-0.2, 0) is 13.2 Å². The first kappa shape index (κ1) is 25.1. The van der Waals surface area contributed by atoms with E-state index in [1.54, 1.807) is 20.3 Å². The van der Waals surface area contributed by atoms with E-state index in [9.17, 15) is 4.79 Å². The summed E-state index contributed by atoms with van der Waals surface area (Å²) in [4.78, 5) is 17.6. The number of amides is 1. The van der Waals surface area contributed by atoms with Gasteiger partial charge in [-0.1, -0.05) is 18.2 Å². The van der Waals surface area contributed by atoms with Crippen LogP contribution < -0.4 is 19.5 Å². The number of aromatic nitrogens is 2. The molecule has 2 heterocycles. The van der Waals surface area contributed by atoms with Crippen molar-refractivity contribution in [2.45, 2.75) is 20.1 Å². The van der Waals surface area contributed by atoms with Gasteiger partial charge in [-0.25, -0.2) is 4.98 Å². The first-order valence-corrected chi connectivity index (χ1v) is 12.3. The van der Waals surface area contributed by atoms with Crippen LogP contribution in [0.25, 0.3) is 11.4 Å². The van der Waals surface area contributed by atoms with Gasteiger partial charge in [-0.15, -0.1) is 17.9 Å². The maximum absolute atomic E-state index is 12.8. The van der Waals surface area contributed by atoms with E-state index in [-0.39, 0.29) is 5.91 Å². The van der Waals surface area contributed by atoms with Crippen molar-refractivity contribution >= 4 is 17.2 Å². The zero-order valence-corrected chi connectivity index (χ0v) is 21.4. The summed E-state index contributed by atoms with van der Waals surface area (Å²) in [5.74, 6) is 2.18. The number of carbonyl (C=O) groups is 1. The molecule has 2 aromatic carbocycles. The second kappa shape index (κ2) is 11.6. The topological polar surface area (TPSA) is 74.6 Å². The average molecular weight is 504 g/mol. The highest BCUT2D eigenvalue weighted by Crippen LogP contribution is 2.29. The molecule has 0 aliphatic rings. The molecule has 0 fully saturated rings. The van der Waals surface area contributed by atoms with E-state index in [2.05, 4.69) is 16.5 Å². The second-order valence-electron chi connectivity index (χ2n) is 8.05. The number of rotatable bonds is 11. The van der Waals surface area contributed by atoms with E-state index in [0.29, 0.717) is 25.3 Å². The molecule has 8 heteroatoms. The molecule has 7 nitrogen and oxygen atoms in total. The van der Waals surface area contributed by atoms with Gasteiger partial charge in [-0.2, -0.15) is 0 Å². The van der Waals surface area contributed by atoms with Crippen molar-refractivity contribution in [1.82, 2.24) is 14.9 Å². The number of hydrogen-bond donors (Lipinski definition) is 1. The monoisotopic (exact) mass is 503 g/mol. The predicted octanol–water partition coefficient (Wildman–Crippen LogP) is 5.48. The number of carbonyl (C=O) groups excluding carboxylic acids is 1. The van der Waals surface area contributed by atoms with Gasteiger partial charge < -0.3 is 24.1 Å². The van der Waals surface area contributed by atoms with E-state index in [0.717, 1.165) is 44.9 Å². The summed E-state index contributed by atoms with van der Waals surface area (Å²) in [5.41, 5.74) is 4.25. The minimum atomic E-state index is -0.138. The normalized spacial score (nSPS) is 10.6. The van der Waals surface area contributed by atoms with E-state index in [4.69, 9.17) is 19.2 Å². The lowest BCUT2D eigenvalue weighted by molar-refractivity contribution is 0.0957. The number of thiazole rings is 1. The van der Waals surface area contributed by atoms with Crippen molar-refractivity contribution in [3.8, 4) is 28.6 Å². The molecule has 186 valence electrons. The van der Waals surface area contributed by atoms with Crippen molar-refractivity contribution in [2.24, 2.45) is 0 Å². The lowest BCUT2D eigenvalue weighted by atomic mass is 10.2. The van der Waals surface area contributed by atoms with Gasteiger partial charge >= 0.3 is 0 Å². The van der Waals surface area contributed by atoms with E-state index >= 15 is 0 Å². The number of methoxy groups -OCH3 is 2. The molecule has 1 amide bonds. The third-order valence-electron chi connectivity index (χ3n) is 5.75. The maximum Gasteiger partial charge on any atom is 0.253 e. The Morgan fingerprint density at radius 3 is 2.33 bits per heavy atom. The van der Waals surface area contributed by atoms with Crippen molar-refractivity contribution < 1.29 is 19.0 Å². The minimum absolute atomic E-state index is 0.138. The zero-order valence-electron chi connectivity index (χ0n) is 20.6. The van der Waals surface area contributed by atoms with Crippen molar-refractivity contribution in [3.05, 3.63) is 94.5 Å². The Bertz CT molecular complexity index is 1320. The summed E-state index contributed by atoms with van der Waals surface area (Å²) in [6.45, 7) is 6.98. The molecule has 0 spiro atoms. The van der Waals surface area contributed by atoms with E-state index in [1.165, 1.54) is 11.3 Å². The smallest absolute Gasteiger partial charge is 0.253 e. The fraction of sp³-hybridized carbons (Fsp3) is 0.214. The SMILES string of the molecule is C=CCNC(=O)c1cc(-c2csc(COc3ccc(OC)cc3)n2)n(Cc2ccc(OC)cc2)c1C. The molecule has 4 aromatic rings. The van der Waals surface area contributed by atoms with Gasteiger partial charge in [-0.05, 0) is 55.0 Å². The molecule has 0 aliphatic carbocycles. The van der Waals surface area contributed by atoms with E-state index < -0.39 is 0 Å². The highest BCUT2D eigenvalue weighted by molar-refractivity contribution is 7.09. The van der Waals surface area contributed by atoms with Crippen molar-refractivity contribution in [1.29, 1.82) is 0 Å². The first-order chi connectivity index (χ1) is 17.5. The lowest BCUT2D eigenvalue weighted by Gasteiger charge is -2.12. The van der Waals surface area contributed by atoms with Crippen LogP contribution in [-0.4, -0.2) is 36.2 Å². The van der Waals surface area contributed by atoms with Crippen LogP contribution in [0, 0.1) is 6.92 Å². The summed E-state index contributed by atoms with van der Waals surface area (Å²) < 4.78 is 18.5. The Kier molecular flexibility index (Phi) is 8.07. The fourth-order valence-corrected chi connectivity index (χ4v) is 4.48. The van der Waals surface area contributed by atoms with Gasteiger partial charge in [0.15, 0.2) is 0 Å². The van der Waals surface area contributed by atoms with Crippen LogP contribution in [0.1, 0.15) is 26.6 Å². The highest BCUT2D eigenvalue weighted by atomic mass is 32.1. The molecular weight excluding hydrogens is 474 g/mol. The maximum atomic E-state index is 12.8. The van der Waals surface area contributed by atoms with Crippen LogP contribution >= 0.6 is 11.3 Å². The van der Waals surface area contributed by atoms with Crippen LogP contribution in [0.2, 0.25) is 0 Å². The van der Waals surface area contributed by atoms with Gasteiger partial charge in [0.2, 0.25) is 0 Å². The number of nitrogens with zero attached hydrogens (tertiary/aromatic N) is 2. The minimum Gasteiger partial charge on any atom is -0.497 e. The van der Waals surface area contributed by atoms with E-state index in [1.807, 2.05) is 66.9 Å². The number of ether oxygens (including phenoxy) is 3. The number of benzene rings is 2. The van der Waals surface area contributed by atoms with Crippen LogP contribution in [0.4, 0.5) is 0 Å². The second-order valence-corrected chi connectivity index (χ2v) is 8.99. The van der Waals surface area contributed by atoms with Crippen LogP contribution in [0.15, 0.2) is 72.6 Å². The van der Waals surface area contributed by atoms with Crippen LogP contribution in [0.3, 0.4) is 0 Å². The lowest BCUT2D eigenvalue weighted by Crippen LogP contribution is -2.23. The number of hydrogen-bond acceptors (Lipinski definition) is 6. The summed E-state index contributed by atoms with van der Waals surface area (Å²) in [5, 5.41) is 5.72. The van der Waals surface area contributed by atoms with Crippen molar-refractivity contribution in [3.63, 3.8) is 0 Å². The molecular formula is C28H29N3O4S.